The van der Waals surface area contributed by atoms with Crippen LogP contribution in [0, 0.1) is 6.92 Å². The topological polar surface area (TPSA) is 42.0 Å². The fourth-order valence-electron chi connectivity index (χ4n) is 3.00. The molecule has 0 unspecified atom stereocenters. The van der Waals surface area contributed by atoms with Gasteiger partial charge in [0.15, 0.2) is 5.43 Å². The maximum atomic E-state index is 11.6. The molecule has 124 valence electrons. The summed E-state index contributed by atoms with van der Waals surface area (Å²) in [5, 5.41) is 3.30. The van der Waals surface area contributed by atoms with Crippen molar-refractivity contribution < 1.29 is 0 Å². The van der Waals surface area contributed by atoms with E-state index in [0.717, 1.165) is 32.9 Å². The zero-order valence-electron chi connectivity index (χ0n) is 14.2. The van der Waals surface area contributed by atoms with E-state index >= 15 is 0 Å². The second-order valence-corrected chi connectivity index (χ2v) is 7.32. The van der Waals surface area contributed by atoms with Crippen molar-refractivity contribution in [1.29, 1.82) is 0 Å². The van der Waals surface area contributed by atoms with Crippen LogP contribution in [0.15, 0.2) is 59.4 Å². The summed E-state index contributed by atoms with van der Waals surface area (Å²) in [6, 6.07) is 18.0. The number of aromatic nitrogens is 1. The quantitative estimate of drug-likeness (QED) is 0.547. The summed E-state index contributed by atoms with van der Waals surface area (Å²) >= 11 is 1.61. The number of aryl methyl sites for hydroxylation is 1. The summed E-state index contributed by atoms with van der Waals surface area (Å²) in [4.78, 5) is 17.3. The molecular formula is C21H18N2OS. The minimum atomic E-state index is 0.0229. The Labute approximate surface area is 150 Å². The van der Waals surface area contributed by atoms with Crippen LogP contribution >= 0.6 is 11.3 Å². The average Bonchev–Trinajstić information content (AvgIpc) is 2.61. The third-order valence-corrected chi connectivity index (χ3v) is 5.46. The molecule has 25 heavy (non-hydrogen) atoms. The van der Waals surface area contributed by atoms with Crippen LogP contribution in [-0.4, -0.2) is 12.0 Å². The van der Waals surface area contributed by atoms with Gasteiger partial charge in [-0.1, -0.05) is 29.8 Å². The number of hydrogen-bond acceptors (Lipinski definition) is 4. The SMILES string of the molecule is CNc1cc2sc3cc(=O)ccc-3nc2cc1Cc1ccc(C)cc1. The van der Waals surface area contributed by atoms with Crippen LogP contribution < -0.4 is 10.7 Å². The number of hydrogen-bond donors (Lipinski definition) is 1. The number of benzene rings is 3. The molecule has 0 bridgehead atoms. The van der Waals surface area contributed by atoms with Crippen molar-refractivity contribution in [3.63, 3.8) is 0 Å². The molecule has 3 nitrogen and oxygen atoms in total. The lowest BCUT2D eigenvalue weighted by atomic mass is 10.0. The lowest BCUT2D eigenvalue weighted by Crippen LogP contribution is -2.00. The smallest absolute Gasteiger partial charge is 0.180 e. The van der Waals surface area contributed by atoms with E-state index in [2.05, 4.69) is 48.6 Å². The molecule has 0 amide bonds. The Hall–Kier alpha value is -2.72. The minimum Gasteiger partial charge on any atom is -0.388 e. The van der Waals surface area contributed by atoms with Crippen molar-refractivity contribution in [2.45, 2.75) is 13.3 Å². The van der Waals surface area contributed by atoms with E-state index in [1.54, 1.807) is 29.5 Å². The van der Waals surface area contributed by atoms with Gasteiger partial charge in [-0.2, -0.15) is 0 Å². The highest BCUT2D eigenvalue weighted by Gasteiger charge is 2.11. The second kappa shape index (κ2) is 6.30. The van der Waals surface area contributed by atoms with Gasteiger partial charge < -0.3 is 5.32 Å². The van der Waals surface area contributed by atoms with Crippen LogP contribution in [0.5, 0.6) is 0 Å². The molecule has 0 aromatic heterocycles. The highest BCUT2D eigenvalue weighted by atomic mass is 32.1. The molecule has 1 heterocycles. The molecule has 0 radical (unpaired) electrons. The fraction of sp³-hybridized carbons (Fsp3) is 0.143. The molecule has 1 N–H and O–H groups in total. The van der Waals surface area contributed by atoms with E-state index in [1.165, 1.54) is 16.7 Å². The Bertz CT molecular complexity index is 1080. The van der Waals surface area contributed by atoms with Crippen LogP contribution in [0.25, 0.3) is 20.8 Å². The first-order valence-corrected chi connectivity index (χ1v) is 9.05. The molecule has 1 aliphatic carbocycles. The molecule has 2 aromatic rings. The molecule has 2 aliphatic rings. The van der Waals surface area contributed by atoms with Gasteiger partial charge in [-0.3, -0.25) is 4.79 Å². The fourth-order valence-corrected chi connectivity index (χ4v) is 4.02. The van der Waals surface area contributed by atoms with Gasteiger partial charge in [0.1, 0.15) is 0 Å². The molecule has 4 heteroatoms. The maximum Gasteiger partial charge on any atom is 0.180 e. The van der Waals surface area contributed by atoms with Gasteiger partial charge in [0.05, 0.1) is 20.8 Å². The van der Waals surface area contributed by atoms with Crippen molar-refractivity contribution in [3.05, 3.63) is 81.5 Å². The second-order valence-electron chi connectivity index (χ2n) is 6.23. The zero-order valence-corrected chi connectivity index (χ0v) is 15.0. The van der Waals surface area contributed by atoms with Gasteiger partial charge in [0.2, 0.25) is 0 Å². The first-order valence-electron chi connectivity index (χ1n) is 8.23. The van der Waals surface area contributed by atoms with E-state index < -0.39 is 0 Å². The molecule has 0 fully saturated rings. The van der Waals surface area contributed by atoms with Gasteiger partial charge in [-0.05, 0) is 48.7 Å². The molecule has 1 aliphatic heterocycles. The Balaban J connectivity index is 1.85. The van der Waals surface area contributed by atoms with E-state index in [-0.39, 0.29) is 5.43 Å². The highest BCUT2D eigenvalue weighted by molar-refractivity contribution is 7.21. The average molecular weight is 346 g/mol. The summed E-state index contributed by atoms with van der Waals surface area (Å²) in [5.41, 5.74) is 6.73. The predicted octanol–water partition coefficient (Wildman–Crippen LogP) is 4.70. The normalized spacial score (nSPS) is 11.1. The Kier molecular flexibility index (Phi) is 3.98. The maximum absolute atomic E-state index is 11.6. The number of anilines is 1. The third-order valence-electron chi connectivity index (χ3n) is 4.36. The number of rotatable bonds is 3. The molecular weight excluding hydrogens is 328 g/mol. The van der Waals surface area contributed by atoms with Crippen molar-refractivity contribution in [2.75, 3.05) is 12.4 Å². The van der Waals surface area contributed by atoms with E-state index in [0.29, 0.717) is 0 Å². The van der Waals surface area contributed by atoms with Gasteiger partial charge in [0, 0.05) is 18.8 Å². The summed E-state index contributed by atoms with van der Waals surface area (Å²) < 4.78 is 1.08. The summed E-state index contributed by atoms with van der Waals surface area (Å²) in [7, 11) is 1.94. The van der Waals surface area contributed by atoms with Crippen molar-refractivity contribution >= 4 is 27.2 Å². The molecule has 0 saturated heterocycles. The van der Waals surface area contributed by atoms with Crippen LogP contribution in [0.3, 0.4) is 0 Å². The largest absolute Gasteiger partial charge is 0.388 e. The van der Waals surface area contributed by atoms with Crippen LogP contribution in [0.1, 0.15) is 16.7 Å². The van der Waals surface area contributed by atoms with Crippen LogP contribution in [-0.2, 0) is 6.42 Å². The van der Waals surface area contributed by atoms with Crippen LogP contribution in [0.4, 0.5) is 5.69 Å². The predicted molar refractivity (Wildman–Crippen MR) is 106 cm³/mol. The van der Waals surface area contributed by atoms with Gasteiger partial charge in [0.25, 0.3) is 0 Å². The zero-order chi connectivity index (χ0) is 17.4. The summed E-state index contributed by atoms with van der Waals surface area (Å²) in [5.74, 6) is 0. The van der Waals surface area contributed by atoms with Gasteiger partial charge in [-0.15, -0.1) is 11.3 Å². The minimum absolute atomic E-state index is 0.0229. The number of nitrogens with one attached hydrogen (secondary N) is 1. The Morgan fingerprint density at radius 1 is 1.04 bits per heavy atom. The third kappa shape index (κ3) is 3.13. The van der Waals surface area contributed by atoms with E-state index in [4.69, 9.17) is 4.98 Å². The summed E-state index contributed by atoms with van der Waals surface area (Å²) in [6.07, 6.45) is 0.857. The van der Waals surface area contributed by atoms with Gasteiger partial charge >= 0.3 is 0 Å². The number of nitrogens with zero attached hydrogens (tertiary/aromatic N) is 1. The molecule has 2 aromatic carbocycles. The first kappa shape index (κ1) is 15.8. The Morgan fingerprint density at radius 2 is 1.84 bits per heavy atom. The van der Waals surface area contributed by atoms with E-state index in [9.17, 15) is 4.79 Å². The van der Waals surface area contributed by atoms with Crippen LogP contribution in [0.2, 0.25) is 0 Å². The Morgan fingerprint density at radius 3 is 2.60 bits per heavy atom. The monoisotopic (exact) mass is 346 g/mol. The molecule has 0 spiro atoms. The standard InChI is InChI=1S/C21H18N2OS/c1-13-3-5-14(6-4-13)9-15-10-19-21(12-18(15)22-2)25-20-11-16(24)7-8-17(20)23-19/h3-8,10-12,22H,9H2,1-2H3. The van der Waals surface area contributed by atoms with Crippen molar-refractivity contribution in [1.82, 2.24) is 4.98 Å². The van der Waals surface area contributed by atoms with Crippen molar-refractivity contribution in [3.8, 4) is 10.6 Å². The lowest BCUT2D eigenvalue weighted by Gasteiger charge is -2.13. The molecule has 4 rings (SSSR count). The number of fused-ring (bicyclic) bond motifs is 2. The van der Waals surface area contributed by atoms with Crippen molar-refractivity contribution in [2.24, 2.45) is 0 Å². The lowest BCUT2D eigenvalue weighted by molar-refractivity contribution is 1.18. The molecule has 0 atom stereocenters. The van der Waals surface area contributed by atoms with Gasteiger partial charge in [-0.25, -0.2) is 4.98 Å². The van der Waals surface area contributed by atoms with E-state index in [1.807, 2.05) is 7.05 Å². The summed E-state index contributed by atoms with van der Waals surface area (Å²) in [6.45, 7) is 2.10. The first-order chi connectivity index (χ1) is 12.1. The molecule has 0 saturated carbocycles. The highest BCUT2D eigenvalue weighted by Crippen LogP contribution is 2.33.